The Hall–Kier alpha value is -3.94. The van der Waals surface area contributed by atoms with Crippen molar-refractivity contribution in [2.75, 3.05) is 25.5 Å². The summed E-state index contributed by atoms with van der Waals surface area (Å²) in [6.45, 7) is 3.92. The quantitative estimate of drug-likeness (QED) is 0.470. The number of amides is 1. The molecule has 33 heavy (non-hydrogen) atoms. The number of methoxy groups -OCH3 is 1. The van der Waals surface area contributed by atoms with Gasteiger partial charge in [-0.2, -0.15) is 5.10 Å². The SMILES string of the molecule is COc1cccc(C(=O)N2CC[C@H](c3ccc4c(NCc5cccc(C)n5)n[nH]c4n3)C2)c1. The molecular formula is C25H26N6O2. The molecule has 0 spiro atoms. The van der Waals surface area contributed by atoms with Gasteiger partial charge in [-0.1, -0.05) is 12.1 Å². The molecule has 0 saturated carbocycles. The Kier molecular flexibility index (Phi) is 5.64. The van der Waals surface area contributed by atoms with Gasteiger partial charge in [-0.15, -0.1) is 0 Å². The van der Waals surface area contributed by atoms with Crippen LogP contribution in [-0.4, -0.2) is 51.2 Å². The van der Waals surface area contributed by atoms with Crippen molar-refractivity contribution in [1.29, 1.82) is 0 Å². The lowest BCUT2D eigenvalue weighted by molar-refractivity contribution is 0.0790. The predicted octanol–water partition coefficient (Wildman–Crippen LogP) is 3.91. The van der Waals surface area contributed by atoms with Crippen LogP contribution in [-0.2, 0) is 6.54 Å². The van der Waals surface area contributed by atoms with Crippen molar-refractivity contribution in [2.24, 2.45) is 0 Å². The standard InChI is InChI=1S/C25H26N6O2/c1-16-5-3-7-19(27-16)14-26-23-21-9-10-22(28-24(21)30-29-23)18-11-12-31(15-18)25(32)17-6-4-8-20(13-17)33-2/h3-10,13,18H,11-12,14-15H2,1-2H3,(H2,26,28,29,30)/t18-/m0/s1. The number of hydrogen-bond acceptors (Lipinski definition) is 6. The van der Waals surface area contributed by atoms with Crippen LogP contribution in [0.4, 0.5) is 5.82 Å². The maximum Gasteiger partial charge on any atom is 0.254 e. The lowest BCUT2D eigenvalue weighted by Gasteiger charge is -2.17. The maximum atomic E-state index is 12.9. The molecule has 168 valence electrons. The summed E-state index contributed by atoms with van der Waals surface area (Å²) in [7, 11) is 1.60. The summed E-state index contributed by atoms with van der Waals surface area (Å²) >= 11 is 0. The molecule has 1 fully saturated rings. The first-order valence-corrected chi connectivity index (χ1v) is 11.1. The van der Waals surface area contributed by atoms with Gasteiger partial charge in [-0.3, -0.25) is 14.9 Å². The van der Waals surface area contributed by atoms with Crippen molar-refractivity contribution in [3.63, 3.8) is 0 Å². The average Bonchev–Trinajstić information content (AvgIpc) is 3.49. The third kappa shape index (κ3) is 4.37. The van der Waals surface area contributed by atoms with Gasteiger partial charge >= 0.3 is 0 Å². The van der Waals surface area contributed by atoms with Crippen LogP contribution >= 0.6 is 0 Å². The Morgan fingerprint density at radius 3 is 2.91 bits per heavy atom. The van der Waals surface area contributed by atoms with E-state index in [9.17, 15) is 4.79 Å². The van der Waals surface area contributed by atoms with Gasteiger partial charge in [0, 0.05) is 36.0 Å². The van der Waals surface area contributed by atoms with Crippen LogP contribution in [0, 0.1) is 6.92 Å². The normalized spacial score (nSPS) is 15.7. The Morgan fingerprint density at radius 2 is 2.06 bits per heavy atom. The van der Waals surface area contributed by atoms with E-state index >= 15 is 0 Å². The van der Waals surface area contributed by atoms with Gasteiger partial charge in [0.15, 0.2) is 11.5 Å². The highest BCUT2D eigenvalue weighted by molar-refractivity contribution is 5.95. The molecule has 8 nitrogen and oxygen atoms in total. The van der Waals surface area contributed by atoms with Gasteiger partial charge in [0.25, 0.3) is 5.91 Å². The van der Waals surface area contributed by atoms with E-state index in [0.29, 0.717) is 30.9 Å². The third-order valence-electron chi connectivity index (χ3n) is 6.04. The smallest absolute Gasteiger partial charge is 0.254 e. The van der Waals surface area contributed by atoms with Crippen molar-refractivity contribution in [2.45, 2.75) is 25.8 Å². The Bertz CT molecular complexity index is 1300. The molecule has 4 aromatic rings. The number of aromatic nitrogens is 4. The van der Waals surface area contributed by atoms with Crippen LogP contribution in [0.15, 0.2) is 54.6 Å². The fraction of sp³-hybridized carbons (Fsp3) is 0.280. The summed E-state index contributed by atoms with van der Waals surface area (Å²) in [6.07, 6.45) is 0.881. The van der Waals surface area contributed by atoms with Crippen molar-refractivity contribution in [1.82, 2.24) is 25.1 Å². The number of benzene rings is 1. The highest BCUT2D eigenvalue weighted by Crippen LogP contribution is 2.30. The van der Waals surface area contributed by atoms with Gasteiger partial charge in [0.2, 0.25) is 0 Å². The number of nitrogens with one attached hydrogen (secondary N) is 2. The van der Waals surface area contributed by atoms with E-state index < -0.39 is 0 Å². The number of aromatic amines is 1. The monoisotopic (exact) mass is 442 g/mol. The second-order valence-corrected chi connectivity index (χ2v) is 8.30. The number of likely N-dealkylation sites (tertiary alicyclic amines) is 1. The van der Waals surface area contributed by atoms with Crippen molar-refractivity contribution < 1.29 is 9.53 Å². The number of fused-ring (bicyclic) bond motifs is 1. The summed E-state index contributed by atoms with van der Waals surface area (Å²) < 4.78 is 5.25. The first-order chi connectivity index (χ1) is 16.1. The maximum absolute atomic E-state index is 12.9. The number of rotatable bonds is 6. The number of hydrogen-bond donors (Lipinski definition) is 2. The lowest BCUT2D eigenvalue weighted by Crippen LogP contribution is -2.28. The van der Waals surface area contributed by atoms with E-state index in [4.69, 9.17) is 9.72 Å². The highest BCUT2D eigenvalue weighted by Gasteiger charge is 2.29. The molecular weight excluding hydrogens is 416 g/mol. The number of carbonyl (C=O) groups is 1. The molecule has 0 aliphatic carbocycles. The number of pyridine rings is 2. The second-order valence-electron chi connectivity index (χ2n) is 8.30. The fourth-order valence-electron chi connectivity index (χ4n) is 4.28. The Balaban J connectivity index is 1.27. The molecule has 5 rings (SSSR count). The van der Waals surface area contributed by atoms with E-state index in [-0.39, 0.29) is 11.8 Å². The number of carbonyl (C=O) groups excluding carboxylic acids is 1. The van der Waals surface area contributed by atoms with Crippen LogP contribution in [0.25, 0.3) is 11.0 Å². The number of H-pyrrole nitrogens is 1. The van der Waals surface area contributed by atoms with E-state index in [1.54, 1.807) is 13.2 Å². The number of aryl methyl sites for hydroxylation is 1. The molecule has 1 aromatic carbocycles. The molecule has 1 amide bonds. The van der Waals surface area contributed by atoms with Crippen molar-refractivity contribution in [3.05, 3.63) is 77.2 Å². The largest absolute Gasteiger partial charge is 0.497 e. The summed E-state index contributed by atoms with van der Waals surface area (Å²) in [6, 6.07) is 17.3. The molecule has 8 heteroatoms. The molecule has 0 radical (unpaired) electrons. The predicted molar refractivity (Wildman–Crippen MR) is 126 cm³/mol. The zero-order valence-electron chi connectivity index (χ0n) is 18.7. The van der Waals surface area contributed by atoms with E-state index in [1.165, 1.54) is 0 Å². The van der Waals surface area contributed by atoms with Gasteiger partial charge in [0.05, 0.1) is 24.7 Å². The van der Waals surface area contributed by atoms with Crippen LogP contribution < -0.4 is 10.1 Å². The summed E-state index contributed by atoms with van der Waals surface area (Å²) in [5.41, 5.74) is 4.31. The van der Waals surface area contributed by atoms with E-state index in [1.807, 2.05) is 60.4 Å². The first-order valence-electron chi connectivity index (χ1n) is 11.1. The Labute approximate surface area is 192 Å². The summed E-state index contributed by atoms with van der Waals surface area (Å²) in [5.74, 6) is 1.66. The van der Waals surface area contributed by atoms with Crippen LogP contribution in [0.3, 0.4) is 0 Å². The number of ether oxygens (including phenoxy) is 1. The van der Waals surface area contributed by atoms with Crippen molar-refractivity contribution >= 4 is 22.8 Å². The topological polar surface area (TPSA) is 96.0 Å². The Morgan fingerprint density at radius 1 is 1.18 bits per heavy atom. The number of anilines is 1. The van der Waals surface area contributed by atoms with Crippen molar-refractivity contribution in [3.8, 4) is 5.75 Å². The van der Waals surface area contributed by atoms with Crippen LogP contribution in [0.2, 0.25) is 0 Å². The molecule has 1 atom stereocenters. The number of nitrogens with zero attached hydrogens (tertiary/aromatic N) is 4. The van der Waals surface area contributed by atoms with Gasteiger partial charge < -0.3 is 15.0 Å². The summed E-state index contributed by atoms with van der Waals surface area (Å²) in [4.78, 5) is 24.2. The van der Waals surface area contributed by atoms with E-state index in [0.717, 1.165) is 40.4 Å². The minimum atomic E-state index is 0.0234. The second kappa shape index (κ2) is 8.90. The van der Waals surface area contributed by atoms with E-state index in [2.05, 4.69) is 20.5 Å². The minimum absolute atomic E-state index is 0.0234. The zero-order valence-corrected chi connectivity index (χ0v) is 18.7. The molecule has 0 bridgehead atoms. The third-order valence-corrected chi connectivity index (χ3v) is 6.04. The van der Waals surface area contributed by atoms with Gasteiger partial charge in [-0.05, 0) is 55.8 Å². The molecule has 1 aliphatic rings. The average molecular weight is 443 g/mol. The molecule has 4 heterocycles. The minimum Gasteiger partial charge on any atom is -0.497 e. The van der Waals surface area contributed by atoms with Crippen LogP contribution in [0.5, 0.6) is 5.75 Å². The fourth-order valence-corrected chi connectivity index (χ4v) is 4.28. The lowest BCUT2D eigenvalue weighted by atomic mass is 10.0. The molecule has 0 unspecified atom stereocenters. The highest BCUT2D eigenvalue weighted by atomic mass is 16.5. The molecule has 1 saturated heterocycles. The summed E-state index contributed by atoms with van der Waals surface area (Å²) in [5, 5.41) is 11.7. The zero-order chi connectivity index (χ0) is 22.8. The molecule has 3 aromatic heterocycles. The molecule has 2 N–H and O–H groups in total. The first kappa shape index (κ1) is 20.9. The van der Waals surface area contributed by atoms with Crippen LogP contribution in [0.1, 0.15) is 39.8 Å². The molecule has 1 aliphatic heterocycles. The van der Waals surface area contributed by atoms with Gasteiger partial charge in [0.1, 0.15) is 5.75 Å². The van der Waals surface area contributed by atoms with Gasteiger partial charge in [-0.25, -0.2) is 4.98 Å².